The SMILES string of the molecule is CNc1cnc2c(c1)c(C1CC1)cn2C1CCN(CC2(F)CCN(C(=O)c3ccc(C4CCCN(C(/C=C(\N)c5ccccc5O)=C(N)N)C4)cc3)CC2)CC1.O=CCCNC=O. The number of hydrogen-bond acceptors (Lipinski definition) is 11. The number of halogens is 1. The van der Waals surface area contributed by atoms with E-state index in [1.165, 1.54) is 23.8 Å². The first-order valence-corrected chi connectivity index (χ1v) is 22.4. The summed E-state index contributed by atoms with van der Waals surface area (Å²) in [6.07, 6.45) is 14.8. The zero-order valence-corrected chi connectivity index (χ0v) is 36.4. The number of likely N-dealkylation sites (tertiary alicyclic amines) is 3. The molecule has 1 saturated carbocycles. The van der Waals surface area contributed by atoms with Gasteiger partial charge in [-0.25, -0.2) is 9.37 Å². The number of carbonyl (C=O) groups is 3. The summed E-state index contributed by atoms with van der Waals surface area (Å²) >= 11 is 0. The highest BCUT2D eigenvalue weighted by Crippen LogP contribution is 2.45. The van der Waals surface area contributed by atoms with Gasteiger partial charge >= 0.3 is 0 Å². The van der Waals surface area contributed by atoms with Crippen LogP contribution in [0.2, 0.25) is 0 Å². The molecule has 1 unspecified atom stereocenters. The lowest BCUT2D eigenvalue weighted by Crippen LogP contribution is -2.51. The summed E-state index contributed by atoms with van der Waals surface area (Å²) in [4.78, 5) is 43.7. The Morgan fingerprint density at radius 2 is 1.67 bits per heavy atom. The van der Waals surface area contributed by atoms with Crippen LogP contribution >= 0.6 is 0 Å². The summed E-state index contributed by atoms with van der Waals surface area (Å²) in [5.74, 6) is 1.06. The third-order valence-electron chi connectivity index (χ3n) is 13.1. The summed E-state index contributed by atoms with van der Waals surface area (Å²) in [6.45, 7) is 4.88. The number of nitrogens with two attached hydrogens (primary N) is 3. The van der Waals surface area contributed by atoms with Gasteiger partial charge in [-0.15, -0.1) is 0 Å². The summed E-state index contributed by atoms with van der Waals surface area (Å²) in [7, 11) is 1.93. The van der Waals surface area contributed by atoms with Gasteiger partial charge in [-0.2, -0.15) is 0 Å². The minimum atomic E-state index is -1.30. The Morgan fingerprint density at radius 1 is 0.937 bits per heavy atom. The first-order chi connectivity index (χ1) is 30.5. The molecule has 1 atom stereocenters. The highest BCUT2D eigenvalue weighted by molar-refractivity contribution is 5.94. The molecule has 4 aliphatic rings. The van der Waals surface area contributed by atoms with Crippen LogP contribution in [-0.4, -0.2) is 113 Å². The number of amides is 2. The molecule has 2 aromatic heterocycles. The monoisotopic (exact) mass is 863 g/mol. The molecule has 1 aliphatic carbocycles. The van der Waals surface area contributed by atoms with E-state index >= 15 is 4.39 Å². The van der Waals surface area contributed by atoms with Crippen molar-refractivity contribution in [2.45, 2.75) is 81.3 Å². The first-order valence-electron chi connectivity index (χ1n) is 22.4. The normalized spacial score (nSPS) is 19.5. The fourth-order valence-electron chi connectivity index (χ4n) is 9.37. The third kappa shape index (κ3) is 10.9. The maximum atomic E-state index is 16.3. The number of anilines is 1. The predicted molar refractivity (Wildman–Crippen MR) is 245 cm³/mol. The summed E-state index contributed by atoms with van der Waals surface area (Å²) in [5, 5.41) is 17.1. The number of fused-ring (bicyclic) bond motifs is 1. The highest BCUT2D eigenvalue weighted by Gasteiger charge is 2.39. The minimum absolute atomic E-state index is 0.0458. The number of benzene rings is 2. The smallest absolute Gasteiger partial charge is 0.253 e. The van der Waals surface area contributed by atoms with Crippen LogP contribution in [0.5, 0.6) is 5.75 Å². The number of nitrogens with one attached hydrogen (secondary N) is 2. The average molecular weight is 863 g/mol. The van der Waals surface area contributed by atoms with Crippen molar-refractivity contribution in [3.05, 3.63) is 107 Å². The summed E-state index contributed by atoms with van der Waals surface area (Å²) < 4.78 is 18.7. The minimum Gasteiger partial charge on any atom is -0.507 e. The van der Waals surface area contributed by atoms with Gasteiger partial charge < -0.3 is 57.0 Å². The Labute approximate surface area is 369 Å². The number of rotatable bonds is 14. The van der Waals surface area contributed by atoms with Gasteiger partial charge in [0.15, 0.2) is 0 Å². The molecule has 0 spiro atoms. The molecule has 3 aliphatic heterocycles. The van der Waals surface area contributed by atoms with E-state index in [0.29, 0.717) is 92.9 Å². The van der Waals surface area contributed by atoms with Gasteiger partial charge in [0.25, 0.3) is 5.91 Å². The van der Waals surface area contributed by atoms with Crippen molar-refractivity contribution in [3.8, 4) is 5.75 Å². The second-order valence-corrected chi connectivity index (χ2v) is 17.5. The molecule has 4 aromatic rings. The van der Waals surface area contributed by atoms with Crippen molar-refractivity contribution in [2.75, 3.05) is 64.7 Å². The molecule has 0 bridgehead atoms. The Balaban J connectivity index is 0.000000785. The summed E-state index contributed by atoms with van der Waals surface area (Å²) in [6, 6.07) is 17.4. The van der Waals surface area contributed by atoms with Crippen LogP contribution < -0.4 is 27.8 Å². The number of alkyl halides is 1. The fraction of sp³-hybridized carbons (Fsp3) is 0.458. The molecule has 0 radical (unpaired) electrons. The van der Waals surface area contributed by atoms with E-state index in [2.05, 4.69) is 37.3 Å². The van der Waals surface area contributed by atoms with Crippen LogP contribution in [0.25, 0.3) is 16.7 Å². The largest absolute Gasteiger partial charge is 0.507 e. The van der Waals surface area contributed by atoms with Crippen molar-refractivity contribution in [2.24, 2.45) is 17.2 Å². The number of hydrogen-bond donors (Lipinski definition) is 6. The average Bonchev–Trinajstić information content (AvgIpc) is 4.08. The third-order valence-corrected chi connectivity index (χ3v) is 13.1. The molecule has 14 nitrogen and oxygen atoms in total. The molecule has 336 valence electrons. The lowest BCUT2D eigenvalue weighted by molar-refractivity contribution is -0.110. The van der Waals surface area contributed by atoms with Crippen LogP contribution in [0.3, 0.4) is 0 Å². The maximum absolute atomic E-state index is 16.3. The summed E-state index contributed by atoms with van der Waals surface area (Å²) in [5.41, 5.74) is 24.2. The van der Waals surface area contributed by atoms with Crippen LogP contribution in [0.15, 0.2) is 84.6 Å². The van der Waals surface area contributed by atoms with E-state index in [4.69, 9.17) is 22.2 Å². The lowest BCUT2D eigenvalue weighted by Gasteiger charge is -2.41. The van der Waals surface area contributed by atoms with E-state index in [0.717, 1.165) is 68.5 Å². The molecule has 15 heteroatoms. The number of carbonyl (C=O) groups excluding carboxylic acids is 3. The molecule has 9 N–H and O–H groups in total. The molecule has 5 heterocycles. The van der Waals surface area contributed by atoms with Gasteiger partial charge in [0, 0.05) is 119 Å². The van der Waals surface area contributed by atoms with Crippen LogP contribution in [0.4, 0.5) is 10.1 Å². The number of piperidine rings is 3. The van der Waals surface area contributed by atoms with Gasteiger partial charge in [0.05, 0.1) is 17.6 Å². The number of para-hydroxylation sites is 1. The van der Waals surface area contributed by atoms with Gasteiger partial charge in [0.1, 0.15) is 29.2 Å². The predicted octanol–water partition coefficient (Wildman–Crippen LogP) is 5.53. The zero-order valence-electron chi connectivity index (χ0n) is 36.4. The van der Waals surface area contributed by atoms with E-state index in [9.17, 15) is 19.5 Å². The van der Waals surface area contributed by atoms with Crippen molar-refractivity contribution in [1.82, 2.24) is 29.6 Å². The number of aldehydes is 1. The number of aromatic hydroxyl groups is 1. The number of aromatic nitrogens is 2. The number of phenols is 1. The molecule has 63 heavy (non-hydrogen) atoms. The molecule has 2 amide bonds. The van der Waals surface area contributed by atoms with Gasteiger partial charge in [-0.3, -0.25) is 9.59 Å². The standard InChI is InChI=1S/C44H56FN9O2.C4H7NO2/c1-49-33-23-36-37(30-10-11-30)27-54(42(36)50-25-33)34-14-19-51(20-15-34)28-44(45)16-21-52(22-17-44)43(56)31-12-8-29(9-13-31)32-5-4-18-53(26-32)39(41(47)48)24-38(46)35-6-2-3-7-40(35)55;6-3-1-2-5-4-7/h2-3,6-9,12-13,23-25,27,30,32,34,49,55H,4-5,10-11,14-22,26,28,46-48H2,1H3;3-4H,1-2H2,(H,5,7)/b38-24-;. The van der Waals surface area contributed by atoms with Crippen molar-refractivity contribution in [1.29, 1.82) is 0 Å². The zero-order chi connectivity index (χ0) is 44.5. The molecule has 2 aromatic carbocycles. The van der Waals surface area contributed by atoms with Gasteiger partial charge in [0.2, 0.25) is 6.41 Å². The molecule has 4 fully saturated rings. The number of pyridine rings is 1. The molecule has 8 rings (SSSR count). The van der Waals surface area contributed by atoms with E-state index in [1.54, 1.807) is 24.3 Å². The first kappa shape index (κ1) is 44.9. The van der Waals surface area contributed by atoms with E-state index in [1.807, 2.05) is 48.5 Å². The quantitative estimate of drug-likeness (QED) is 0.0529. The van der Waals surface area contributed by atoms with Gasteiger partial charge in [-0.1, -0.05) is 24.3 Å². The lowest BCUT2D eigenvalue weighted by atomic mass is 9.89. The van der Waals surface area contributed by atoms with Crippen molar-refractivity contribution < 1.29 is 23.9 Å². The highest BCUT2D eigenvalue weighted by atomic mass is 19.1. The Bertz CT molecular complexity index is 2260. The van der Waals surface area contributed by atoms with E-state index < -0.39 is 5.67 Å². The van der Waals surface area contributed by atoms with Crippen molar-refractivity contribution in [3.63, 3.8) is 0 Å². The number of nitrogens with zero attached hydrogens (tertiary/aromatic N) is 5. The second kappa shape index (κ2) is 20.4. The van der Waals surface area contributed by atoms with Gasteiger partial charge in [-0.05, 0) is 92.0 Å². The Hall–Kier alpha value is -6.09. The maximum Gasteiger partial charge on any atom is 0.253 e. The van der Waals surface area contributed by atoms with Crippen molar-refractivity contribution >= 4 is 41.0 Å². The van der Waals surface area contributed by atoms with E-state index in [-0.39, 0.29) is 23.4 Å². The molecule has 3 saturated heterocycles. The Morgan fingerprint density at radius 3 is 2.32 bits per heavy atom. The molecular weight excluding hydrogens is 800 g/mol. The van der Waals surface area contributed by atoms with Crippen LogP contribution in [0, 0.1) is 0 Å². The number of phenolic OH excluding ortho intramolecular Hbond substituents is 1. The Kier molecular flexibility index (Phi) is 14.6. The fourth-order valence-corrected chi connectivity index (χ4v) is 9.37. The second-order valence-electron chi connectivity index (χ2n) is 17.5. The molecular formula is C48H63FN10O4. The number of allylic oxidation sites excluding steroid dienone is 1. The van der Waals surface area contributed by atoms with Crippen LogP contribution in [-0.2, 0) is 9.59 Å². The van der Waals surface area contributed by atoms with Crippen LogP contribution in [0.1, 0.15) is 103 Å². The topological polar surface area (TPSA) is 201 Å².